The molecule has 2 aromatic carbocycles. The van der Waals surface area contributed by atoms with Crippen LogP contribution in [0, 0.1) is 11.8 Å². The maximum absolute atomic E-state index is 6.23. The SMILES string of the molecule is CC(C)CNCc1cccc(OC[C@@H]2CC[C@@H]3CN(c4noc5ccccc45)CCN3C2)c1. The largest absolute Gasteiger partial charge is 0.493 e. The molecule has 2 aliphatic rings. The van der Waals surface area contributed by atoms with E-state index in [0.29, 0.717) is 17.9 Å². The fourth-order valence-corrected chi connectivity index (χ4v) is 5.15. The van der Waals surface area contributed by atoms with Crippen LogP contribution in [0.25, 0.3) is 11.0 Å². The number of nitrogens with one attached hydrogen (secondary N) is 1. The Hall–Kier alpha value is -2.57. The van der Waals surface area contributed by atoms with Gasteiger partial charge in [-0.2, -0.15) is 0 Å². The number of para-hydroxylation sites is 1. The van der Waals surface area contributed by atoms with E-state index in [4.69, 9.17) is 9.26 Å². The highest BCUT2D eigenvalue weighted by atomic mass is 16.5. The highest BCUT2D eigenvalue weighted by Crippen LogP contribution is 2.31. The second-order valence-electron chi connectivity index (χ2n) is 10.0. The summed E-state index contributed by atoms with van der Waals surface area (Å²) in [6.45, 7) is 11.4. The van der Waals surface area contributed by atoms with Crippen molar-refractivity contribution in [3.05, 3.63) is 54.1 Å². The molecule has 2 fully saturated rings. The van der Waals surface area contributed by atoms with Crippen molar-refractivity contribution in [2.75, 3.05) is 44.2 Å². The van der Waals surface area contributed by atoms with E-state index in [0.717, 1.165) is 68.4 Å². The van der Waals surface area contributed by atoms with Crippen LogP contribution in [0.1, 0.15) is 32.3 Å². The van der Waals surface area contributed by atoms with Crippen molar-refractivity contribution in [3.63, 3.8) is 0 Å². The number of hydrogen-bond acceptors (Lipinski definition) is 6. The van der Waals surface area contributed by atoms with E-state index >= 15 is 0 Å². The van der Waals surface area contributed by atoms with Gasteiger partial charge >= 0.3 is 0 Å². The van der Waals surface area contributed by atoms with Crippen LogP contribution in [0.2, 0.25) is 0 Å². The molecule has 2 saturated heterocycles. The van der Waals surface area contributed by atoms with Crippen molar-refractivity contribution in [1.29, 1.82) is 0 Å². The van der Waals surface area contributed by atoms with Gasteiger partial charge in [0, 0.05) is 44.7 Å². The molecule has 2 atom stereocenters. The second-order valence-corrected chi connectivity index (χ2v) is 10.0. The van der Waals surface area contributed by atoms with E-state index in [-0.39, 0.29) is 0 Å². The molecule has 3 aromatic rings. The van der Waals surface area contributed by atoms with Crippen molar-refractivity contribution < 1.29 is 9.26 Å². The number of anilines is 1. The smallest absolute Gasteiger partial charge is 0.180 e. The average Bonchev–Trinajstić information content (AvgIpc) is 3.27. The minimum Gasteiger partial charge on any atom is -0.493 e. The fourth-order valence-electron chi connectivity index (χ4n) is 5.15. The zero-order valence-corrected chi connectivity index (χ0v) is 19.9. The lowest BCUT2D eigenvalue weighted by Crippen LogP contribution is -2.57. The van der Waals surface area contributed by atoms with E-state index in [1.54, 1.807) is 0 Å². The fraction of sp³-hybridized carbons (Fsp3) is 0.519. The zero-order chi connectivity index (χ0) is 22.6. The van der Waals surface area contributed by atoms with Crippen LogP contribution in [0.3, 0.4) is 0 Å². The Bertz CT molecular complexity index is 1050. The first-order valence-electron chi connectivity index (χ1n) is 12.4. The molecular weight excluding hydrogens is 412 g/mol. The first-order chi connectivity index (χ1) is 16.2. The van der Waals surface area contributed by atoms with Crippen LogP contribution in [-0.4, -0.2) is 55.4 Å². The minimum absolute atomic E-state index is 0.584. The Morgan fingerprint density at radius 1 is 1.09 bits per heavy atom. The molecule has 0 radical (unpaired) electrons. The monoisotopic (exact) mass is 448 g/mol. The van der Waals surface area contributed by atoms with Gasteiger partial charge in [0.05, 0.1) is 12.0 Å². The van der Waals surface area contributed by atoms with E-state index in [9.17, 15) is 0 Å². The molecule has 0 amide bonds. The predicted octanol–water partition coefficient (Wildman–Crippen LogP) is 4.55. The Kier molecular flexibility index (Phi) is 6.83. The van der Waals surface area contributed by atoms with Crippen LogP contribution < -0.4 is 15.0 Å². The highest BCUT2D eigenvalue weighted by Gasteiger charge is 2.34. The molecule has 6 nitrogen and oxygen atoms in total. The maximum atomic E-state index is 6.23. The Labute approximate surface area is 196 Å². The molecule has 1 aromatic heterocycles. The number of ether oxygens (including phenoxy) is 1. The molecular formula is C27H36N4O2. The van der Waals surface area contributed by atoms with Gasteiger partial charge in [0.25, 0.3) is 0 Å². The van der Waals surface area contributed by atoms with Crippen molar-refractivity contribution >= 4 is 16.8 Å². The molecule has 0 saturated carbocycles. The van der Waals surface area contributed by atoms with Crippen LogP contribution >= 0.6 is 0 Å². The first-order valence-corrected chi connectivity index (χ1v) is 12.4. The third-order valence-electron chi connectivity index (χ3n) is 6.93. The molecule has 3 heterocycles. The summed E-state index contributed by atoms with van der Waals surface area (Å²) in [7, 11) is 0. The number of aromatic nitrogens is 1. The Morgan fingerprint density at radius 2 is 2.00 bits per heavy atom. The third-order valence-corrected chi connectivity index (χ3v) is 6.93. The van der Waals surface area contributed by atoms with Gasteiger partial charge in [-0.05, 0) is 55.1 Å². The number of piperazine rings is 1. The van der Waals surface area contributed by atoms with Gasteiger partial charge in [-0.3, -0.25) is 4.90 Å². The molecule has 1 N–H and O–H groups in total. The number of nitrogens with zero attached hydrogens (tertiary/aromatic N) is 3. The molecule has 2 aliphatic heterocycles. The van der Waals surface area contributed by atoms with Gasteiger partial charge in [0.1, 0.15) is 5.75 Å². The summed E-state index contributed by atoms with van der Waals surface area (Å²) < 4.78 is 11.8. The van der Waals surface area contributed by atoms with Crippen LogP contribution in [0.5, 0.6) is 5.75 Å². The van der Waals surface area contributed by atoms with Crippen LogP contribution in [-0.2, 0) is 6.54 Å². The summed E-state index contributed by atoms with van der Waals surface area (Å²) in [5.74, 6) is 3.24. The highest BCUT2D eigenvalue weighted by molar-refractivity contribution is 5.88. The van der Waals surface area contributed by atoms with Gasteiger partial charge < -0.3 is 19.5 Å². The molecule has 176 valence electrons. The molecule has 0 aliphatic carbocycles. The van der Waals surface area contributed by atoms with Gasteiger partial charge in [-0.15, -0.1) is 0 Å². The summed E-state index contributed by atoms with van der Waals surface area (Å²) in [6.07, 6.45) is 2.42. The van der Waals surface area contributed by atoms with Crippen LogP contribution in [0.15, 0.2) is 53.1 Å². The maximum Gasteiger partial charge on any atom is 0.180 e. The van der Waals surface area contributed by atoms with Gasteiger partial charge in [-0.25, -0.2) is 0 Å². The van der Waals surface area contributed by atoms with E-state index in [2.05, 4.69) is 70.5 Å². The normalized spacial score (nSPS) is 21.5. The second kappa shape index (κ2) is 10.1. The van der Waals surface area contributed by atoms with Gasteiger partial charge in [0.15, 0.2) is 11.4 Å². The first kappa shape index (κ1) is 22.2. The molecule has 0 unspecified atom stereocenters. The molecule has 0 bridgehead atoms. The van der Waals surface area contributed by atoms with Crippen molar-refractivity contribution in [1.82, 2.24) is 15.4 Å². The number of benzene rings is 2. The average molecular weight is 449 g/mol. The molecule has 6 heteroatoms. The summed E-state index contributed by atoms with van der Waals surface area (Å²) in [4.78, 5) is 5.06. The Balaban J connectivity index is 1.12. The summed E-state index contributed by atoms with van der Waals surface area (Å²) in [5.41, 5.74) is 2.16. The van der Waals surface area contributed by atoms with Crippen molar-refractivity contribution in [3.8, 4) is 5.75 Å². The topological polar surface area (TPSA) is 53.8 Å². The summed E-state index contributed by atoms with van der Waals surface area (Å²) >= 11 is 0. The van der Waals surface area contributed by atoms with E-state index in [1.807, 2.05) is 12.1 Å². The predicted molar refractivity (Wildman–Crippen MR) is 133 cm³/mol. The zero-order valence-electron chi connectivity index (χ0n) is 19.9. The lowest BCUT2D eigenvalue weighted by molar-refractivity contribution is 0.0726. The Morgan fingerprint density at radius 3 is 2.91 bits per heavy atom. The summed E-state index contributed by atoms with van der Waals surface area (Å²) in [5, 5.41) is 9.01. The molecule has 33 heavy (non-hydrogen) atoms. The number of hydrogen-bond donors (Lipinski definition) is 1. The van der Waals surface area contributed by atoms with Crippen molar-refractivity contribution in [2.24, 2.45) is 11.8 Å². The lowest BCUT2D eigenvalue weighted by Gasteiger charge is -2.46. The van der Waals surface area contributed by atoms with Gasteiger partial charge in [-0.1, -0.05) is 43.3 Å². The third kappa shape index (κ3) is 5.33. The number of piperidine rings is 1. The van der Waals surface area contributed by atoms with E-state index in [1.165, 1.54) is 18.4 Å². The minimum atomic E-state index is 0.584. The number of rotatable bonds is 8. The quantitative estimate of drug-likeness (QED) is 0.546. The molecule has 5 rings (SSSR count). The van der Waals surface area contributed by atoms with Crippen LogP contribution in [0.4, 0.5) is 5.82 Å². The summed E-state index contributed by atoms with van der Waals surface area (Å²) in [6, 6.07) is 17.3. The lowest BCUT2D eigenvalue weighted by atomic mass is 9.91. The number of fused-ring (bicyclic) bond motifs is 2. The standard InChI is InChI=1S/C27H36N4O2/c1-20(2)15-28-16-21-6-5-7-24(14-21)32-19-22-10-11-23-18-31(13-12-30(23)17-22)27-25-8-3-4-9-26(25)33-29-27/h3-9,14,20,22-23,28H,10-13,15-19H2,1-2H3/t22-,23-/m1/s1. The molecule has 0 spiro atoms. The van der Waals surface area contributed by atoms with Gasteiger partial charge in [0.2, 0.25) is 0 Å². The van der Waals surface area contributed by atoms with Crippen molar-refractivity contribution in [2.45, 2.75) is 39.3 Å². The van der Waals surface area contributed by atoms with E-state index < -0.39 is 0 Å².